The first-order valence-electron chi connectivity index (χ1n) is 8.81. The molecule has 2 aliphatic rings. The lowest BCUT2D eigenvalue weighted by Crippen LogP contribution is -2.50. The van der Waals surface area contributed by atoms with E-state index in [2.05, 4.69) is 0 Å². The van der Waals surface area contributed by atoms with E-state index in [1.54, 1.807) is 31.2 Å². The minimum atomic E-state index is -0.764. The molecule has 2 aromatic carbocycles. The van der Waals surface area contributed by atoms with Crippen molar-refractivity contribution in [3.8, 4) is 5.75 Å². The number of halogens is 2. The van der Waals surface area contributed by atoms with Crippen LogP contribution in [0.25, 0.3) is 0 Å². The number of carbonyl (C=O) groups excluding carboxylic acids is 2. The van der Waals surface area contributed by atoms with Crippen LogP contribution in [0.2, 0.25) is 0 Å². The van der Waals surface area contributed by atoms with Gasteiger partial charge in [0, 0.05) is 12.6 Å². The number of rotatable bonds is 2. The molecule has 140 valence electrons. The molecule has 1 atom stereocenters. The van der Waals surface area contributed by atoms with Crippen LogP contribution in [0.15, 0.2) is 36.4 Å². The number of benzene rings is 2. The van der Waals surface area contributed by atoms with Crippen LogP contribution in [-0.2, 0) is 16.0 Å². The quantitative estimate of drug-likeness (QED) is 0.814. The fourth-order valence-electron chi connectivity index (χ4n) is 3.64. The third-order valence-corrected chi connectivity index (χ3v) is 4.87. The number of anilines is 2. The number of nitrogens with zero attached hydrogens (tertiary/aromatic N) is 2. The number of carbonyl (C=O) groups is 2. The molecule has 7 heteroatoms. The molecule has 2 aliphatic heterocycles. The molecule has 0 bridgehead atoms. The van der Waals surface area contributed by atoms with Gasteiger partial charge in [-0.1, -0.05) is 12.1 Å². The van der Waals surface area contributed by atoms with E-state index in [0.29, 0.717) is 36.4 Å². The van der Waals surface area contributed by atoms with Gasteiger partial charge in [-0.3, -0.25) is 14.5 Å². The second kappa shape index (κ2) is 6.64. The molecule has 0 N–H and O–H groups in total. The van der Waals surface area contributed by atoms with E-state index in [0.717, 1.165) is 6.07 Å². The Balaban J connectivity index is 1.65. The summed E-state index contributed by atoms with van der Waals surface area (Å²) in [6.45, 7) is 1.71. The van der Waals surface area contributed by atoms with Crippen molar-refractivity contribution >= 4 is 23.2 Å². The van der Waals surface area contributed by atoms with Crippen molar-refractivity contribution in [2.75, 3.05) is 22.9 Å². The van der Waals surface area contributed by atoms with E-state index in [9.17, 15) is 18.4 Å². The Morgan fingerprint density at radius 3 is 2.85 bits per heavy atom. The Morgan fingerprint density at radius 1 is 1.26 bits per heavy atom. The summed E-state index contributed by atoms with van der Waals surface area (Å²) in [7, 11) is 0. The molecule has 0 radical (unpaired) electrons. The van der Waals surface area contributed by atoms with Gasteiger partial charge in [0.2, 0.25) is 5.91 Å². The number of hydrogen-bond acceptors (Lipinski definition) is 3. The lowest BCUT2D eigenvalue weighted by Gasteiger charge is -2.35. The van der Waals surface area contributed by atoms with Crippen LogP contribution < -0.4 is 14.5 Å². The van der Waals surface area contributed by atoms with Gasteiger partial charge in [-0.2, -0.15) is 0 Å². The van der Waals surface area contributed by atoms with Gasteiger partial charge >= 0.3 is 0 Å². The Bertz CT molecular complexity index is 931. The van der Waals surface area contributed by atoms with Crippen LogP contribution in [0.3, 0.4) is 0 Å². The number of ether oxygens (including phenoxy) is 1. The van der Waals surface area contributed by atoms with E-state index in [-0.39, 0.29) is 18.1 Å². The summed E-state index contributed by atoms with van der Waals surface area (Å²) < 4.78 is 33.4. The van der Waals surface area contributed by atoms with Gasteiger partial charge in [0.15, 0.2) is 6.10 Å². The van der Waals surface area contributed by atoms with Crippen molar-refractivity contribution in [3.63, 3.8) is 0 Å². The summed E-state index contributed by atoms with van der Waals surface area (Å²) in [5, 5.41) is 0. The van der Waals surface area contributed by atoms with Crippen molar-refractivity contribution in [2.45, 2.75) is 25.9 Å². The molecule has 0 saturated carbocycles. The molecular weight excluding hydrogens is 354 g/mol. The van der Waals surface area contributed by atoms with Gasteiger partial charge in [-0.15, -0.1) is 0 Å². The van der Waals surface area contributed by atoms with Crippen LogP contribution in [0.5, 0.6) is 5.75 Å². The predicted molar refractivity (Wildman–Crippen MR) is 95.9 cm³/mol. The molecule has 0 aliphatic carbocycles. The zero-order valence-corrected chi connectivity index (χ0v) is 14.7. The van der Waals surface area contributed by atoms with E-state index in [4.69, 9.17) is 4.74 Å². The third kappa shape index (κ3) is 3.03. The average molecular weight is 372 g/mol. The van der Waals surface area contributed by atoms with Crippen LogP contribution >= 0.6 is 0 Å². The van der Waals surface area contributed by atoms with Crippen molar-refractivity contribution in [1.29, 1.82) is 0 Å². The second-order valence-corrected chi connectivity index (χ2v) is 6.70. The molecule has 2 aromatic rings. The topological polar surface area (TPSA) is 49.9 Å². The maximum atomic E-state index is 14.4. The van der Waals surface area contributed by atoms with Crippen LogP contribution in [-0.4, -0.2) is 31.0 Å². The van der Waals surface area contributed by atoms with Crippen molar-refractivity contribution in [1.82, 2.24) is 0 Å². The molecule has 0 aromatic heterocycles. The Hall–Kier alpha value is -2.96. The summed E-state index contributed by atoms with van der Waals surface area (Å²) in [6, 6.07) is 9.01. The first-order chi connectivity index (χ1) is 13.0. The van der Waals surface area contributed by atoms with Gasteiger partial charge in [0.05, 0.1) is 11.4 Å². The zero-order valence-electron chi connectivity index (χ0n) is 14.7. The van der Waals surface area contributed by atoms with E-state index < -0.39 is 23.6 Å². The molecule has 0 spiro atoms. The van der Waals surface area contributed by atoms with Crippen LogP contribution in [0.1, 0.15) is 18.9 Å². The molecule has 5 nitrogen and oxygen atoms in total. The third-order valence-electron chi connectivity index (χ3n) is 4.87. The minimum Gasteiger partial charge on any atom is -0.479 e. The lowest BCUT2D eigenvalue weighted by molar-refractivity contribution is -0.127. The van der Waals surface area contributed by atoms with E-state index in [1.165, 1.54) is 15.9 Å². The maximum Gasteiger partial charge on any atom is 0.268 e. The second-order valence-electron chi connectivity index (χ2n) is 6.70. The number of para-hydroxylation sites is 2. The monoisotopic (exact) mass is 372 g/mol. The predicted octanol–water partition coefficient (Wildman–Crippen LogP) is 3.06. The molecular formula is C20H18F2N2O3. The average Bonchev–Trinajstić information content (AvgIpc) is 2.64. The highest BCUT2D eigenvalue weighted by Gasteiger charge is 2.35. The molecule has 2 amide bonds. The number of amides is 2. The van der Waals surface area contributed by atoms with Gasteiger partial charge in [0.25, 0.3) is 5.91 Å². The normalized spacial score (nSPS) is 18.6. The largest absolute Gasteiger partial charge is 0.479 e. The Kier molecular flexibility index (Phi) is 4.30. The van der Waals surface area contributed by atoms with Gasteiger partial charge in [-0.25, -0.2) is 8.78 Å². The summed E-state index contributed by atoms with van der Waals surface area (Å²) in [5.41, 5.74) is 1.08. The lowest BCUT2D eigenvalue weighted by atomic mass is 10.0. The van der Waals surface area contributed by atoms with Gasteiger partial charge < -0.3 is 9.64 Å². The molecule has 0 saturated heterocycles. The molecule has 4 rings (SSSR count). The first kappa shape index (κ1) is 17.5. The fraction of sp³-hybridized carbons (Fsp3) is 0.300. The smallest absolute Gasteiger partial charge is 0.268 e. The Labute approximate surface area is 155 Å². The number of fused-ring (bicyclic) bond motifs is 2. The number of hydrogen-bond donors (Lipinski definition) is 0. The zero-order chi connectivity index (χ0) is 19.1. The molecule has 27 heavy (non-hydrogen) atoms. The molecule has 1 unspecified atom stereocenters. The van der Waals surface area contributed by atoms with Gasteiger partial charge in [-0.05, 0) is 43.5 Å². The fourth-order valence-corrected chi connectivity index (χ4v) is 3.64. The van der Waals surface area contributed by atoms with Gasteiger partial charge in [0.1, 0.15) is 23.9 Å². The standard InChI is InChI=1S/C20H18F2N2O3/c1-12-20(26)24(16-6-2-3-7-17(16)27-12)11-18(25)23-8-4-5-13-9-14(21)10-15(22)19(13)23/h2-3,6-7,9-10,12H,4-5,8,11H2,1H3. The minimum absolute atomic E-state index is 0.106. The van der Waals surface area contributed by atoms with Crippen molar-refractivity contribution in [2.24, 2.45) is 0 Å². The summed E-state index contributed by atoms with van der Waals surface area (Å²) in [4.78, 5) is 28.2. The number of aryl methyl sites for hydroxylation is 1. The van der Waals surface area contributed by atoms with Crippen molar-refractivity contribution < 1.29 is 23.1 Å². The van der Waals surface area contributed by atoms with E-state index >= 15 is 0 Å². The highest BCUT2D eigenvalue weighted by molar-refractivity contribution is 6.07. The van der Waals surface area contributed by atoms with Crippen LogP contribution in [0, 0.1) is 11.6 Å². The highest BCUT2D eigenvalue weighted by Crippen LogP contribution is 2.35. The van der Waals surface area contributed by atoms with E-state index in [1.807, 2.05) is 0 Å². The first-order valence-corrected chi connectivity index (χ1v) is 8.81. The maximum absolute atomic E-state index is 14.4. The Morgan fingerprint density at radius 2 is 2.04 bits per heavy atom. The molecule has 2 heterocycles. The summed E-state index contributed by atoms with van der Waals surface area (Å²) >= 11 is 0. The SMILES string of the molecule is CC1Oc2ccccc2N(CC(=O)N2CCCc3cc(F)cc(F)c32)C1=O. The van der Waals surface area contributed by atoms with Crippen molar-refractivity contribution in [3.05, 3.63) is 53.6 Å². The summed E-state index contributed by atoms with van der Waals surface area (Å²) in [6.07, 6.45) is 0.391. The summed E-state index contributed by atoms with van der Waals surface area (Å²) in [5.74, 6) is -1.66. The molecule has 0 fully saturated rings. The highest BCUT2D eigenvalue weighted by atomic mass is 19.1. The van der Waals surface area contributed by atoms with Crippen LogP contribution in [0.4, 0.5) is 20.2 Å².